The van der Waals surface area contributed by atoms with Crippen molar-refractivity contribution in [1.29, 1.82) is 0 Å². The van der Waals surface area contributed by atoms with Crippen molar-refractivity contribution in [2.45, 2.75) is 76.8 Å². The quantitative estimate of drug-likeness (QED) is 0.0615. The van der Waals surface area contributed by atoms with E-state index in [0.29, 0.717) is 38.6 Å². The summed E-state index contributed by atoms with van der Waals surface area (Å²) in [4.78, 5) is 136. The van der Waals surface area contributed by atoms with E-state index < -0.39 is 47.8 Å². The number of nitrogens with one attached hydrogen (secondary N) is 4. The first-order chi connectivity index (χ1) is 32.9. The largest absolute Gasteiger partial charge is 0.478 e. The fourth-order valence-corrected chi connectivity index (χ4v) is 5.52. The summed E-state index contributed by atoms with van der Waals surface area (Å²) in [6, 6.07) is -1.29. The van der Waals surface area contributed by atoms with E-state index in [1.165, 1.54) is 24.0 Å². The van der Waals surface area contributed by atoms with E-state index in [-0.39, 0.29) is 86.7 Å². The number of carboxylic acid groups (broad SMARTS) is 1. The average Bonchev–Trinajstić information content (AvgIpc) is 4.08. The summed E-state index contributed by atoms with van der Waals surface area (Å²) >= 11 is 0. The van der Waals surface area contributed by atoms with Gasteiger partial charge in [-0.05, 0) is 34.1 Å². The standard InChI is InChI=1S/2C12H18N2O5.C10H14N2O5.C9H11NO5/c1-8(2)14-6-9(13-12(14)17)7-19-11(16)5-4-10(15)18-3;1-8(2)19-11(16)5-4-10(15)18-7-9-6-14(3)12(17)13-9;1-12-5-7(11-10(12)15)6-17-9(14)4-3-8(13)16-2;11-7-2-1-6(10-7)5-15-9(14)4-3-8(12)13/h2*4-5,8-9H,6-7H2,1-3H3,(H,13,17);3-4,7H,5-6H2,1-2H3,(H,11,15);3-4,6H,1-2,5H2,(H,10,11)(H,12,13)/b2*5-4+;2*4-3+. The van der Waals surface area contributed by atoms with Crippen molar-refractivity contribution in [2.24, 2.45) is 0 Å². The van der Waals surface area contributed by atoms with Crippen LogP contribution in [-0.4, -0.2) is 202 Å². The van der Waals surface area contributed by atoms with Gasteiger partial charge in [0.2, 0.25) is 5.91 Å². The Morgan fingerprint density at radius 1 is 0.529 bits per heavy atom. The van der Waals surface area contributed by atoms with E-state index in [1.54, 1.807) is 32.8 Å². The Morgan fingerprint density at radius 3 is 1.20 bits per heavy atom. The summed E-state index contributed by atoms with van der Waals surface area (Å²) in [6.07, 6.45) is 8.31. The van der Waals surface area contributed by atoms with Crippen molar-refractivity contribution in [3.8, 4) is 0 Å². The highest BCUT2D eigenvalue weighted by Crippen LogP contribution is 2.09. The van der Waals surface area contributed by atoms with Crippen LogP contribution in [-0.2, 0) is 76.3 Å². The van der Waals surface area contributed by atoms with Crippen molar-refractivity contribution < 1.29 is 95.8 Å². The van der Waals surface area contributed by atoms with Crippen LogP contribution < -0.4 is 21.3 Å². The van der Waals surface area contributed by atoms with Gasteiger partial charge in [0.25, 0.3) is 0 Å². The fourth-order valence-electron chi connectivity index (χ4n) is 5.52. The zero-order chi connectivity index (χ0) is 52.9. The first kappa shape index (κ1) is 60.0. The Bertz CT molecular complexity index is 2000. The fraction of sp³-hybridized carbons (Fsp3) is 0.535. The number of aliphatic carboxylic acids is 1. The monoisotopic (exact) mass is 995 g/mol. The molecule has 27 heteroatoms. The molecule has 7 amide bonds. The lowest BCUT2D eigenvalue weighted by Crippen LogP contribution is -2.34. The van der Waals surface area contributed by atoms with Crippen molar-refractivity contribution >= 4 is 71.8 Å². The minimum absolute atomic E-state index is 0.0582. The number of carboxylic acids is 1. The van der Waals surface area contributed by atoms with Gasteiger partial charge in [-0.15, -0.1) is 0 Å². The van der Waals surface area contributed by atoms with E-state index in [2.05, 4.69) is 30.7 Å². The topological polar surface area (TPSA) is 348 Å². The smallest absolute Gasteiger partial charge is 0.331 e. The highest BCUT2D eigenvalue weighted by Gasteiger charge is 2.31. The summed E-state index contributed by atoms with van der Waals surface area (Å²) in [5, 5.41) is 18.8. The van der Waals surface area contributed by atoms with Crippen LogP contribution in [0.1, 0.15) is 40.5 Å². The van der Waals surface area contributed by atoms with Gasteiger partial charge in [-0.1, -0.05) is 0 Å². The molecule has 0 spiro atoms. The van der Waals surface area contributed by atoms with E-state index in [4.69, 9.17) is 28.8 Å². The van der Waals surface area contributed by atoms with Crippen LogP contribution in [0.15, 0.2) is 48.6 Å². The zero-order valence-corrected chi connectivity index (χ0v) is 40.0. The van der Waals surface area contributed by atoms with Crippen LogP contribution in [0.25, 0.3) is 0 Å². The number of likely N-dealkylation sites (N-methyl/N-ethyl adjacent to an activating group) is 2. The summed E-state index contributed by atoms with van der Waals surface area (Å²) < 4.78 is 32.8. The first-order valence-electron chi connectivity index (χ1n) is 21.3. The molecule has 0 aromatic carbocycles. The molecule has 0 radical (unpaired) electrons. The summed E-state index contributed by atoms with van der Waals surface area (Å²) in [6.45, 7) is 8.97. The molecule has 27 nitrogen and oxygen atoms in total. The molecule has 0 aromatic heterocycles. The van der Waals surface area contributed by atoms with Crippen molar-refractivity contribution in [2.75, 3.05) is 74.4 Å². The van der Waals surface area contributed by atoms with Crippen LogP contribution in [0, 0.1) is 0 Å². The molecule has 0 aromatic rings. The zero-order valence-electron chi connectivity index (χ0n) is 40.0. The molecular weight excluding hydrogens is 935 g/mol. The van der Waals surface area contributed by atoms with Crippen LogP contribution in [0.2, 0.25) is 0 Å². The molecule has 4 saturated heterocycles. The SMILES string of the molecule is CC(C)OC(=O)/C=C/C(=O)OCC1CN(C)C(=O)N1.COC(=O)/C=C/C(=O)OCC1CN(C(C)C)C(=O)N1.COC(=O)/C=C/C(=O)OCC1CN(C)C(=O)N1.O=C(O)/C=C/C(=O)OCC1CCC(=O)N1. The van der Waals surface area contributed by atoms with Crippen molar-refractivity contribution in [3.05, 3.63) is 48.6 Å². The number of hydrogen-bond donors (Lipinski definition) is 5. The highest BCUT2D eigenvalue weighted by molar-refractivity contribution is 5.93. The third kappa shape index (κ3) is 26.4. The molecule has 4 heterocycles. The minimum atomic E-state index is -1.21. The number of ether oxygens (including phenoxy) is 7. The second-order valence-corrected chi connectivity index (χ2v) is 15.5. The molecule has 0 saturated carbocycles. The molecule has 4 fully saturated rings. The molecule has 0 aliphatic carbocycles. The number of hydrogen-bond acceptors (Lipinski definition) is 19. The van der Waals surface area contributed by atoms with Gasteiger partial charge >= 0.3 is 65.8 Å². The lowest BCUT2D eigenvalue weighted by molar-refractivity contribution is -0.143. The molecule has 4 rings (SSSR count). The second kappa shape index (κ2) is 31.9. The van der Waals surface area contributed by atoms with Crippen LogP contribution >= 0.6 is 0 Å². The highest BCUT2D eigenvalue weighted by atomic mass is 16.6. The normalized spacial score (nSPS) is 19.3. The Hall–Kier alpha value is -8.00. The van der Waals surface area contributed by atoms with Gasteiger partial charge in [0.1, 0.15) is 26.4 Å². The number of nitrogens with zero attached hydrogens (tertiary/aromatic N) is 3. The van der Waals surface area contributed by atoms with Gasteiger partial charge in [-0.2, -0.15) is 0 Å². The van der Waals surface area contributed by atoms with Gasteiger partial charge in [0.05, 0.1) is 44.5 Å². The molecule has 70 heavy (non-hydrogen) atoms. The number of amides is 7. The third-order valence-electron chi connectivity index (χ3n) is 8.94. The van der Waals surface area contributed by atoms with E-state index in [9.17, 15) is 57.5 Å². The number of urea groups is 3. The molecule has 388 valence electrons. The number of carbonyl (C=O) groups is 12. The molecule has 4 aliphatic rings. The van der Waals surface area contributed by atoms with Gasteiger partial charge in [-0.3, -0.25) is 4.79 Å². The van der Waals surface area contributed by atoms with Crippen LogP contribution in [0.4, 0.5) is 14.4 Å². The van der Waals surface area contributed by atoms with E-state index in [0.717, 1.165) is 42.5 Å². The number of methoxy groups -OCH3 is 2. The Morgan fingerprint density at radius 2 is 0.886 bits per heavy atom. The molecule has 4 unspecified atom stereocenters. The van der Waals surface area contributed by atoms with E-state index >= 15 is 0 Å². The summed E-state index contributed by atoms with van der Waals surface area (Å²) in [7, 11) is 5.72. The van der Waals surface area contributed by atoms with Crippen molar-refractivity contribution in [3.63, 3.8) is 0 Å². The van der Waals surface area contributed by atoms with Gasteiger partial charge in [-0.25, -0.2) is 52.7 Å². The lowest BCUT2D eigenvalue weighted by Gasteiger charge is -2.18. The lowest BCUT2D eigenvalue weighted by atomic mass is 10.2. The summed E-state index contributed by atoms with van der Waals surface area (Å²) in [5.74, 6) is -5.79. The first-order valence-corrected chi connectivity index (χ1v) is 21.3. The number of carbonyl (C=O) groups excluding carboxylic acids is 11. The van der Waals surface area contributed by atoms with Gasteiger partial charge in [0.15, 0.2) is 0 Å². The number of esters is 7. The maximum Gasteiger partial charge on any atom is 0.331 e. The molecule has 0 bridgehead atoms. The molecular formula is C43H61N7O20. The van der Waals surface area contributed by atoms with Crippen LogP contribution in [0.3, 0.4) is 0 Å². The van der Waals surface area contributed by atoms with E-state index in [1.807, 2.05) is 13.8 Å². The summed E-state index contributed by atoms with van der Waals surface area (Å²) in [5.41, 5.74) is 0. The molecule has 5 N–H and O–H groups in total. The predicted molar refractivity (Wildman–Crippen MR) is 239 cm³/mol. The molecule has 4 atom stereocenters. The maximum atomic E-state index is 11.5. The average molecular weight is 996 g/mol. The van der Waals surface area contributed by atoms with Gasteiger partial charge in [0, 0.05) is 94.8 Å². The Kier molecular flexibility index (Phi) is 27.3. The van der Waals surface area contributed by atoms with Crippen LogP contribution in [0.5, 0.6) is 0 Å². The van der Waals surface area contributed by atoms with Gasteiger partial charge < -0.3 is 74.2 Å². The third-order valence-corrected chi connectivity index (χ3v) is 8.94. The second-order valence-electron chi connectivity index (χ2n) is 15.5. The van der Waals surface area contributed by atoms with Crippen molar-refractivity contribution in [1.82, 2.24) is 36.0 Å². The Labute approximate surface area is 402 Å². The number of rotatable bonds is 18. The molecule has 4 aliphatic heterocycles. The predicted octanol–water partition coefficient (Wildman–Crippen LogP) is -1.15. The minimum Gasteiger partial charge on any atom is -0.478 e. The maximum absolute atomic E-state index is 11.5. The Balaban J connectivity index is 0.000000469.